The average Bonchev–Trinajstić information content (AvgIpc) is 3.24. The van der Waals surface area contributed by atoms with E-state index < -0.39 is 0 Å². The molecule has 1 aromatic heterocycles. The second-order valence-electron chi connectivity index (χ2n) is 5.21. The minimum atomic E-state index is -0.300. The van der Waals surface area contributed by atoms with E-state index in [1.807, 2.05) is 23.8 Å². The summed E-state index contributed by atoms with van der Waals surface area (Å²) in [5.41, 5.74) is 1.39. The second-order valence-corrected chi connectivity index (χ2v) is 6.12. The van der Waals surface area contributed by atoms with Crippen LogP contribution in [0.3, 0.4) is 0 Å². The molecule has 1 amide bonds. The number of carbonyl (C=O) groups excluding carboxylic acids is 1. The lowest BCUT2D eigenvalue weighted by Gasteiger charge is -2.22. The Morgan fingerprint density at radius 2 is 2.05 bits per heavy atom. The van der Waals surface area contributed by atoms with Crippen molar-refractivity contribution in [3.63, 3.8) is 0 Å². The van der Waals surface area contributed by atoms with Gasteiger partial charge in [-0.1, -0.05) is 0 Å². The van der Waals surface area contributed by atoms with Gasteiger partial charge in [-0.3, -0.25) is 4.79 Å². The quantitative estimate of drug-likeness (QED) is 0.802. The molecule has 1 aliphatic carbocycles. The molecule has 21 heavy (non-hydrogen) atoms. The summed E-state index contributed by atoms with van der Waals surface area (Å²) >= 11 is 3.44. The van der Waals surface area contributed by atoms with Gasteiger partial charge in [0.2, 0.25) is 0 Å². The van der Waals surface area contributed by atoms with Crippen LogP contribution in [0.2, 0.25) is 0 Å². The standard InChI is InChI=1S/C16H16BrFN2O/c1-2-19(13-5-3-12(18)4-6-13)16(21)15-9-11(17)10-20(15)14-7-8-14/h3-6,9-10,14H,2,7-8H2,1H3. The highest BCUT2D eigenvalue weighted by molar-refractivity contribution is 9.10. The van der Waals surface area contributed by atoms with Crippen molar-refractivity contribution in [3.8, 4) is 0 Å². The Hall–Kier alpha value is -1.62. The first-order valence-corrected chi connectivity index (χ1v) is 7.84. The van der Waals surface area contributed by atoms with E-state index in [-0.39, 0.29) is 11.7 Å². The summed E-state index contributed by atoms with van der Waals surface area (Å²) in [5, 5.41) is 0. The predicted octanol–water partition coefficient (Wildman–Crippen LogP) is 4.39. The molecule has 2 aromatic rings. The van der Waals surface area contributed by atoms with E-state index in [4.69, 9.17) is 0 Å². The molecule has 0 spiro atoms. The minimum Gasteiger partial charge on any atom is -0.339 e. The predicted molar refractivity (Wildman–Crippen MR) is 84.2 cm³/mol. The number of amides is 1. The highest BCUT2D eigenvalue weighted by atomic mass is 79.9. The Morgan fingerprint density at radius 3 is 2.62 bits per heavy atom. The lowest BCUT2D eigenvalue weighted by atomic mass is 10.2. The Bertz CT molecular complexity index is 661. The van der Waals surface area contributed by atoms with Crippen molar-refractivity contribution >= 4 is 27.5 Å². The number of nitrogens with zero attached hydrogens (tertiary/aromatic N) is 2. The summed E-state index contributed by atoms with van der Waals surface area (Å²) < 4.78 is 16.0. The van der Waals surface area contributed by atoms with Crippen molar-refractivity contribution in [1.82, 2.24) is 4.57 Å². The van der Waals surface area contributed by atoms with E-state index in [1.165, 1.54) is 12.1 Å². The summed E-state index contributed by atoms with van der Waals surface area (Å²) in [6.07, 6.45) is 4.19. The molecule has 0 bridgehead atoms. The molecule has 1 fully saturated rings. The number of aromatic nitrogens is 1. The first-order chi connectivity index (χ1) is 10.1. The maximum absolute atomic E-state index is 13.0. The van der Waals surface area contributed by atoms with Crippen LogP contribution in [0.4, 0.5) is 10.1 Å². The summed E-state index contributed by atoms with van der Waals surface area (Å²) in [6, 6.07) is 8.31. The summed E-state index contributed by atoms with van der Waals surface area (Å²) in [5.74, 6) is -0.354. The zero-order valence-corrected chi connectivity index (χ0v) is 13.3. The number of rotatable bonds is 4. The van der Waals surface area contributed by atoms with Gasteiger partial charge in [-0.2, -0.15) is 0 Å². The molecule has 1 saturated carbocycles. The first-order valence-electron chi connectivity index (χ1n) is 7.05. The third-order valence-corrected chi connectivity index (χ3v) is 4.11. The van der Waals surface area contributed by atoms with E-state index in [2.05, 4.69) is 15.9 Å². The Morgan fingerprint density at radius 1 is 1.38 bits per heavy atom. The molecule has 0 unspecified atom stereocenters. The number of hydrogen-bond donors (Lipinski definition) is 0. The zero-order chi connectivity index (χ0) is 15.0. The van der Waals surface area contributed by atoms with Crippen LogP contribution in [0.1, 0.15) is 36.3 Å². The van der Waals surface area contributed by atoms with Gasteiger partial charge in [-0.25, -0.2) is 4.39 Å². The number of anilines is 1. The first kappa shape index (κ1) is 14.3. The molecule has 110 valence electrons. The van der Waals surface area contributed by atoms with Crippen LogP contribution in [-0.2, 0) is 0 Å². The second kappa shape index (κ2) is 5.64. The molecule has 0 radical (unpaired) electrons. The number of hydrogen-bond acceptors (Lipinski definition) is 1. The summed E-state index contributed by atoms with van der Waals surface area (Å²) in [6.45, 7) is 2.46. The van der Waals surface area contributed by atoms with Gasteiger partial charge in [-0.15, -0.1) is 0 Å². The van der Waals surface area contributed by atoms with E-state index >= 15 is 0 Å². The lowest BCUT2D eigenvalue weighted by molar-refractivity contribution is 0.0979. The highest BCUT2D eigenvalue weighted by Gasteiger charge is 2.29. The van der Waals surface area contributed by atoms with Gasteiger partial charge in [-0.05, 0) is 66.0 Å². The third-order valence-electron chi connectivity index (χ3n) is 3.67. The zero-order valence-electron chi connectivity index (χ0n) is 11.7. The van der Waals surface area contributed by atoms with Crippen molar-refractivity contribution in [3.05, 3.63) is 52.5 Å². The molecular formula is C16H16BrFN2O. The van der Waals surface area contributed by atoms with Gasteiger partial charge in [0.25, 0.3) is 5.91 Å². The van der Waals surface area contributed by atoms with Gasteiger partial charge >= 0.3 is 0 Å². The maximum atomic E-state index is 13.0. The molecular weight excluding hydrogens is 335 g/mol. The fourth-order valence-electron chi connectivity index (χ4n) is 2.47. The van der Waals surface area contributed by atoms with Crippen molar-refractivity contribution in [1.29, 1.82) is 0 Å². The molecule has 1 aliphatic rings. The molecule has 0 atom stereocenters. The fraction of sp³-hybridized carbons (Fsp3) is 0.312. The van der Waals surface area contributed by atoms with Gasteiger partial charge in [0.1, 0.15) is 11.5 Å². The van der Waals surface area contributed by atoms with Crippen LogP contribution < -0.4 is 4.90 Å². The molecule has 1 aromatic carbocycles. The topological polar surface area (TPSA) is 25.2 Å². The normalized spacial score (nSPS) is 14.2. The summed E-state index contributed by atoms with van der Waals surface area (Å²) in [4.78, 5) is 14.5. The third kappa shape index (κ3) is 2.88. The highest BCUT2D eigenvalue weighted by Crippen LogP contribution is 2.38. The minimum absolute atomic E-state index is 0.0540. The number of halogens is 2. The van der Waals surface area contributed by atoms with E-state index in [0.717, 1.165) is 17.3 Å². The van der Waals surface area contributed by atoms with E-state index in [0.29, 0.717) is 24.0 Å². The van der Waals surface area contributed by atoms with Crippen LogP contribution in [-0.4, -0.2) is 17.0 Å². The monoisotopic (exact) mass is 350 g/mol. The van der Waals surface area contributed by atoms with Gasteiger partial charge in [0.15, 0.2) is 0 Å². The van der Waals surface area contributed by atoms with Crippen molar-refractivity contribution < 1.29 is 9.18 Å². The molecule has 0 N–H and O–H groups in total. The molecule has 5 heteroatoms. The van der Waals surface area contributed by atoms with E-state index in [9.17, 15) is 9.18 Å². The number of carbonyl (C=O) groups is 1. The van der Waals surface area contributed by atoms with Gasteiger partial charge in [0, 0.05) is 28.9 Å². The smallest absolute Gasteiger partial charge is 0.274 e. The van der Waals surface area contributed by atoms with Crippen LogP contribution in [0, 0.1) is 5.82 Å². The van der Waals surface area contributed by atoms with Crippen molar-refractivity contribution in [2.24, 2.45) is 0 Å². The van der Waals surface area contributed by atoms with E-state index in [1.54, 1.807) is 17.0 Å². The van der Waals surface area contributed by atoms with Crippen LogP contribution >= 0.6 is 15.9 Å². The average molecular weight is 351 g/mol. The molecule has 3 rings (SSSR count). The number of benzene rings is 1. The molecule has 3 nitrogen and oxygen atoms in total. The molecule has 0 aliphatic heterocycles. The molecule has 0 saturated heterocycles. The summed E-state index contributed by atoms with van der Waals surface area (Å²) in [7, 11) is 0. The Kier molecular flexibility index (Phi) is 3.85. The SMILES string of the molecule is CCN(C(=O)c1cc(Br)cn1C1CC1)c1ccc(F)cc1. The van der Waals surface area contributed by atoms with Crippen molar-refractivity contribution in [2.75, 3.05) is 11.4 Å². The van der Waals surface area contributed by atoms with Gasteiger partial charge < -0.3 is 9.47 Å². The van der Waals surface area contributed by atoms with Crippen molar-refractivity contribution in [2.45, 2.75) is 25.8 Å². The van der Waals surface area contributed by atoms with Crippen LogP contribution in [0.15, 0.2) is 41.0 Å². The Labute approximate surface area is 131 Å². The van der Waals surface area contributed by atoms with Crippen LogP contribution in [0.25, 0.3) is 0 Å². The van der Waals surface area contributed by atoms with Gasteiger partial charge in [0.05, 0.1) is 0 Å². The molecule has 1 heterocycles. The maximum Gasteiger partial charge on any atom is 0.274 e. The lowest BCUT2D eigenvalue weighted by Crippen LogP contribution is -2.32. The fourth-order valence-corrected chi connectivity index (χ4v) is 2.91. The Balaban J connectivity index is 1.93. The largest absolute Gasteiger partial charge is 0.339 e. The van der Waals surface area contributed by atoms with Crippen LogP contribution in [0.5, 0.6) is 0 Å².